The summed E-state index contributed by atoms with van der Waals surface area (Å²) in [6, 6.07) is 3.97. The van der Waals surface area contributed by atoms with Crippen molar-refractivity contribution in [2.75, 3.05) is 0 Å². The predicted molar refractivity (Wildman–Crippen MR) is 42.0 cm³/mol. The summed E-state index contributed by atoms with van der Waals surface area (Å²) in [7, 11) is 0. The molecule has 1 amide bonds. The summed E-state index contributed by atoms with van der Waals surface area (Å²) in [4.78, 5) is 11.0. The van der Waals surface area contributed by atoms with Crippen molar-refractivity contribution in [3.8, 4) is 0 Å². The first-order valence-electron chi connectivity index (χ1n) is 3.94. The largest absolute Gasteiger partial charge is 0.340 e. The Bertz CT molecular complexity index is 302. The van der Waals surface area contributed by atoms with E-state index in [0.717, 1.165) is 12.8 Å². The summed E-state index contributed by atoms with van der Waals surface area (Å²) in [5.41, 5.74) is 2.16. The van der Waals surface area contributed by atoms with E-state index in [9.17, 15) is 4.79 Å². The van der Waals surface area contributed by atoms with Gasteiger partial charge in [-0.2, -0.15) is 0 Å². The summed E-state index contributed by atoms with van der Waals surface area (Å²) in [6.07, 6.45) is 4.11. The Kier molecular flexibility index (Phi) is 1.62. The molecular weight excluding hydrogens is 156 g/mol. The zero-order chi connectivity index (χ0) is 8.55. The SMILES string of the molecule is O=C(NO)c1cccn1C1CC1. The van der Waals surface area contributed by atoms with E-state index >= 15 is 0 Å². The molecule has 64 valence electrons. The molecule has 0 unspecified atom stereocenters. The average molecular weight is 166 g/mol. The number of rotatable bonds is 2. The monoisotopic (exact) mass is 166 g/mol. The van der Waals surface area contributed by atoms with Gasteiger partial charge in [0.2, 0.25) is 0 Å². The van der Waals surface area contributed by atoms with E-state index in [1.807, 2.05) is 16.8 Å². The number of aromatic nitrogens is 1. The van der Waals surface area contributed by atoms with E-state index < -0.39 is 5.91 Å². The van der Waals surface area contributed by atoms with E-state index in [1.54, 1.807) is 11.5 Å². The van der Waals surface area contributed by atoms with Crippen molar-refractivity contribution in [3.05, 3.63) is 24.0 Å². The minimum atomic E-state index is -0.438. The summed E-state index contributed by atoms with van der Waals surface area (Å²) in [6.45, 7) is 0. The molecule has 1 heterocycles. The Morgan fingerprint density at radius 2 is 2.42 bits per heavy atom. The normalized spacial score (nSPS) is 16.1. The zero-order valence-corrected chi connectivity index (χ0v) is 6.53. The maximum Gasteiger partial charge on any atom is 0.291 e. The Hall–Kier alpha value is -1.29. The fourth-order valence-corrected chi connectivity index (χ4v) is 1.31. The van der Waals surface area contributed by atoms with Crippen molar-refractivity contribution in [3.63, 3.8) is 0 Å². The van der Waals surface area contributed by atoms with E-state index in [1.165, 1.54) is 0 Å². The molecule has 4 nitrogen and oxygen atoms in total. The highest BCUT2D eigenvalue weighted by Gasteiger charge is 2.26. The van der Waals surface area contributed by atoms with Crippen LogP contribution in [0.25, 0.3) is 0 Å². The van der Waals surface area contributed by atoms with E-state index in [2.05, 4.69) is 0 Å². The number of amides is 1. The second-order valence-electron chi connectivity index (χ2n) is 2.97. The number of nitrogens with zero attached hydrogens (tertiary/aromatic N) is 1. The van der Waals surface area contributed by atoms with Gasteiger partial charge in [-0.3, -0.25) is 10.0 Å². The van der Waals surface area contributed by atoms with Gasteiger partial charge in [-0.25, -0.2) is 5.48 Å². The van der Waals surface area contributed by atoms with Crippen LogP contribution < -0.4 is 5.48 Å². The first-order valence-corrected chi connectivity index (χ1v) is 3.94. The van der Waals surface area contributed by atoms with Crippen LogP contribution in [0.15, 0.2) is 18.3 Å². The van der Waals surface area contributed by atoms with Crippen molar-refractivity contribution in [1.29, 1.82) is 0 Å². The van der Waals surface area contributed by atoms with Crippen LogP contribution in [0, 0.1) is 0 Å². The first kappa shape index (κ1) is 7.36. The van der Waals surface area contributed by atoms with Crippen LogP contribution in [-0.4, -0.2) is 15.7 Å². The van der Waals surface area contributed by atoms with Gasteiger partial charge in [-0.1, -0.05) is 0 Å². The number of carbonyl (C=O) groups is 1. The first-order chi connectivity index (χ1) is 5.83. The molecule has 2 rings (SSSR count). The van der Waals surface area contributed by atoms with Gasteiger partial charge in [0.25, 0.3) is 5.91 Å². The molecule has 0 aliphatic heterocycles. The highest BCUT2D eigenvalue weighted by molar-refractivity contribution is 5.91. The molecule has 2 N–H and O–H groups in total. The lowest BCUT2D eigenvalue weighted by Gasteiger charge is -2.04. The second-order valence-corrected chi connectivity index (χ2v) is 2.97. The molecule has 0 aromatic carbocycles. The van der Waals surface area contributed by atoms with Gasteiger partial charge in [-0.15, -0.1) is 0 Å². The molecule has 0 saturated heterocycles. The molecule has 4 heteroatoms. The number of carbonyl (C=O) groups excluding carboxylic acids is 1. The molecule has 1 saturated carbocycles. The van der Waals surface area contributed by atoms with E-state index in [0.29, 0.717) is 11.7 Å². The van der Waals surface area contributed by atoms with Crippen LogP contribution in [-0.2, 0) is 0 Å². The molecule has 0 radical (unpaired) electrons. The average Bonchev–Trinajstić information content (AvgIpc) is 2.83. The fourth-order valence-electron chi connectivity index (χ4n) is 1.31. The van der Waals surface area contributed by atoms with Crippen LogP contribution in [0.3, 0.4) is 0 Å². The van der Waals surface area contributed by atoms with Gasteiger partial charge >= 0.3 is 0 Å². The fraction of sp³-hybridized carbons (Fsp3) is 0.375. The summed E-state index contributed by atoms with van der Waals surface area (Å²) in [5, 5.41) is 8.42. The standard InChI is InChI=1S/C8H10N2O2/c11-8(9-12)7-2-1-5-10(7)6-3-4-6/h1-2,5-6,12H,3-4H2,(H,9,11). The lowest BCUT2D eigenvalue weighted by Crippen LogP contribution is -2.21. The third-order valence-corrected chi connectivity index (χ3v) is 2.05. The van der Waals surface area contributed by atoms with Crippen LogP contribution in [0.4, 0.5) is 0 Å². The van der Waals surface area contributed by atoms with Crippen molar-refractivity contribution in [1.82, 2.24) is 10.0 Å². The summed E-state index contributed by atoms with van der Waals surface area (Å²) < 4.78 is 1.89. The highest BCUT2D eigenvalue weighted by atomic mass is 16.5. The molecule has 1 aromatic rings. The highest BCUT2D eigenvalue weighted by Crippen LogP contribution is 2.35. The van der Waals surface area contributed by atoms with Crippen molar-refractivity contribution in [2.45, 2.75) is 18.9 Å². The molecule has 0 bridgehead atoms. The smallest absolute Gasteiger partial charge is 0.291 e. The predicted octanol–water partition coefficient (Wildman–Crippen LogP) is 0.942. The van der Waals surface area contributed by atoms with Crippen LogP contribution in [0.1, 0.15) is 29.4 Å². The topological polar surface area (TPSA) is 54.3 Å². The van der Waals surface area contributed by atoms with Crippen LogP contribution in [0.5, 0.6) is 0 Å². The van der Waals surface area contributed by atoms with E-state index in [4.69, 9.17) is 5.21 Å². The third-order valence-electron chi connectivity index (χ3n) is 2.05. The number of hydroxylamine groups is 1. The number of hydrogen-bond donors (Lipinski definition) is 2. The Morgan fingerprint density at radius 1 is 1.67 bits per heavy atom. The number of nitrogens with one attached hydrogen (secondary N) is 1. The van der Waals surface area contributed by atoms with Crippen molar-refractivity contribution in [2.24, 2.45) is 0 Å². The minimum Gasteiger partial charge on any atom is -0.340 e. The molecule has 1 aromatic heterocycles. The summed E-state index contributed by atoms with van der Waals surface area (Å²) in [5.74, 6) is -0.438. The maximum atomic E-state index is 11.0. The lowest BCUT2D eigenvalue weighted by atomic mass is 10.4. The Morgan fingerprint density at radius 3 is 3.00 bits per heavy atom. The maximum absolute atomic E-state index is 11.0. The lowest BCUT2D eigenvalue weighted by molar-refractivity contribution is 0.0696. The second kappa shape index (κ2) is 2.64. The number of hydrogen-bond acceptors (Lipinski definition) is 2. The van der Waals surface area contributed by atoms with Crippen LogP contribution in [0.2, 0.25) is 0 Å². The van der Waals surface area contributed by atoms with Gasteiger partial charge in [0.15, 0.2) is 0 Å². The molecule has 12 heavy (non-hydrogen) atoms. The quantitative estimate of drug-likeness (QED) is 0.507. The van der Waals surface area contributed by atoms with Crippen molar-refractivity contribution < 1.29 is 10.0 Å². The summed E-state index contributed by atoms with van der Waals surface area (Å²) >= 11 is 0. The third kappa shape index (κ3) is 1.10. The minimum absolute atomic E-state index is 0.438. The molecule has 1 fully saturated rings. The van der Waals surface area contributed by atoms with Crippen LogP contribution >= 0.6 is 0 Å². The van der Waals surface area contributed by atoms with Gasteiger partial charge in [0, 0.05) is 12.2 Å². The van der Waals surface area contributed by atoms with Gasteiger partial charge in [0.05, 0.1) is 0 Å². The zero-order valence-electron chi connectivity index (χ0n) is 6.53. The van der Waals surface area contributed by atoms with Gasteiger partial charge in [-0.05, 0) is 25.0 Å². The molecule has 0 spiro atoms. The Balaban J connectivity index is 2.29. The molecule has 0 atom stereocenters. The van der Waals surface area contributed by atoms with Gasteiger partial charge < -0.3 is 4.57 Å². The molecular formula is C8H10N2O2. The van der Waals surface area contributed by atoms with E-state index in [-0.39, 0.29) is 0 Å². The van der Waals surface area contributed by atoms with Gasteiger partial charge in [0.1, 0.15) is 5.69 Å². The Labute approximate surface area is 69.8 Å². The molecule has 1 aliphatic rings. The molecule has 1 aliphatic carbocycles. The van der Waals surface area contributed by atoms with Crippen molar-refractivity contribution >= 4 is 5.91 Å².